The Morgan fingerprint density at radius 3 is 1.39 bits per heavy atom. The van der Waals surface area contributed by atoms with Gasteiger partial charge in [0.15, 0.2) is 0 Å². The summed E-state index contributed by atoms with van der Waals surface area (Å²) in [6.45, 7) is 6.95. The third-order valence-electron chi connectivity index (χ3n) is 5.35. The number of unbranched alkanes of at least 4 members (excludes halogenated alkanes) is 11. The summed E-state index contributed by atoms with van der Waals surface area (Å²) in [7, 11) is 0. The molecule has 0 heterocycles. The number of hydrogen-bond acceptors (Lipinski definition) is 0. The Labute approximate surface area is 157 Å². The van der Waals surface area contributed by atoms with Crippen molar-refractivity contribution in [2.24, 2.45) is 5.92 Å². The summed E-state index contributed by atoms with van der Waals surface area (Å²) in [5, 5.41) is 0. The van der Waals surface area contributed by atoms with E-state index in [1.807, 2.05) is 0 Å². The van der Waals surface area contributed by atoms with Gasteiger partial charge < -0.3 is 0 Å². The molecule has 0 amide bonds. The smallest absolute Gasteiger partial charge is 0.105 e. The van der Waals surface area contributed by atoms with Gasteiger partial charge in [-0.2, -0.15) is 0 Å². The van der Waals surface area contributed by atoms with E-state index < -0.39 is 0 Å². The maximum absolute atomic E-state index is 3.21. The highest BCUT2D eigenvalue weighted by Gasteiger charge is 2.15. The quantitative estimate of drug-likeness (QED) is 0.174. The molecule has 0 aliphatic carbocycles. The standard InChI is InChI=1S/C22H45.Al/c1-4-7-10-12-14-16-18-21-22(19-9-6-3)20-17-15-13-11-8-5-2;/h20,22H,4-19,21H2,1-3H3;. The lowest BCUT2D eigenvalue weighted by atomic mass is 9.89. The minimum atomic E-state index is 0.878. The summed E-state index contributed by atoms with van der Waals surface area (Å²) >= 11 is 3.21. The van der Waals surface area contributed by atoms with Gasteiger partial charge in [0.1, 0.15) is 16.3 Å². The Morgan fingerprint density at radius 2 is 0.870 bits per heavy atom. The molecule has 0 bridgehead atoms. The predicted octanol–water partition coefficient (Wildman–Crippen LogP) is 8.25. The molecule has 0 fully saturated rings. The van der Waals surface area contributed by atoms with Gasteiger partial charge in [0.05, 0.1) is 0 Å². The Morgan fingerprint density at radius 1 is 0.478 bits per heavy atom. The van der Waals surface area contributed by atoms with Crippen LogP contribution in [0.4, 0.5) is 0 Å². The second-order valence-electron chi connectivity index (χ2n) is 7.68. The lowest BCUT2D eigenvalue weighted by molar-refractivity contribution is 0.371. The van der Waals surface area contributed by atoms with Crippen LogP contribution in [0, 0.1) is 5.92 Å². The molecule has 0 aromatic carbocycles. The van der Waals surface area contributed by atoms with Gasteiger partial charge in [-0.05, 0) is 0 Å². The molecule has 0 N–H and O–H groups in total. The molecule has 0 saturated carbocycles. The monoisotopic (exact) mass is 336 g/mol. The van der Waals surface area contributed by atoms with E-state index in [0.29, 0.717) is 0 Å². The van der Waals surface area contributed by atoms with Crippen LogP contribution >= 0.6 is 0 Å². The first-order valence-electron chi connectivity index (χ1n) is 11.0. The van der Waals surface area contributed by atoms with Crippen LogP contribution in [-0.2, 0) is 0 Å². The molecule has 23 heavy (non-hydrogen) atoms. The Kier molecular flexibility index (Phi) is 19.3. The van der Waals surface area contributed by atoms with Crippen LogP contribution in [0.1, 0.15) is 130 Å². The SMILES string of the molecule is CCCCCCCCCC(CCCC)[CH]([Al])CCCCCCC. The highest BCUT2D eigenvalue weighted by molar-refractivity contribution is 6.11. The molecule has 1 heteroatoms. The Balaban J connectivity index is 3.80. The van der Waals surface area contributed by atoms with Gasteiger partial charge in [-0.1, -0.05) is 136 Å². The van der Waals surface area contributed by atoms with Gasteiger partial charge >= 0.3 is 0 Å². The van der Waals surface area contributed by atoms with Gasteiger partial charge in [0.2, 0.25) is 0 Å². The van der Waals surface area contributed by atoms with Crippen LogP contribution in [0.2, 0.25) is 4.78 Å². The van der Waals surface area contributed by atoms with E-state index in [1.54, 1.807) is 0 Å². The Hall–Kier alpha value is 0.532. The van der Waals surface area contributed by atoms with Gasteiger partial charge in [-0.15, -0.1) is 4.78 Å². The zero-order valence-electron chi connectivity index (χ0n) is 16.8. The van der Waals surface area contributed by atoms with Crippen LogP contribution in [0.3, 0.4) is 0 Å². The van der Waals surface area contributed by atoms with Crippen molar-refractivity contribution in [1.29, 1.82) is 0 Å². The summed E-state index contributed by atoms with van der Waals surface area (Å²) < 4.78 is 0.878. The number of rotatable bonds is 18. The first kappa shape index (κ1) is 23.5. The topological polar surface area (TPSA) is 0 Å². The molecule has 0 aromatic rings. The van der Waals surface area contributed by atoms with Crippen LogP contribution in [-0.4, -0.2) is 16.3 Å². The summed E-state index contributed by atoms with van der Waals surface area (Å²) in [6.07, 6.45) is 24.5. The lowest BCUT2D eigenvalue weighted by Crippen LogP contribution is -2.10. The highest BCUT2D eigenvalue weighted by atomic mass is 27.0. The van der Waals surface area contributed by atoms with E-state index in [1.165, 1.54) is 109 Å². The van der Waals surface area contributed by atoms with E-state index in [9.17, 15) is 0 Å². The van der Waals surface area contributed by atoms with Crippen molar-refractivity contribution >= 4 is 16.3 Å². The van der Waals surface area contributed by atoms with Crippen molar-refractivity contribution in [3.63, 3.8) is 0 Å². The van der Waals surface area contributed by atoms with Gasteiger partial charge in [-0.25, -0.2) is 0 Å². The number of hydrogen-bond donors (Lipinski definition) is 0. The molecular formula is C22H45Al. The molecule has 0 saturated heterocycles. The minimum Gasteiger partial charge on any atom is -0.105 e. The van der Waals surface area contributed by atoms with Gasteiger partial charge in [0.25, 0.3) is 0 Å². The summed E-state index contributed by atoms with van der Waals surface area (Å²) in [5.41, 5.74) is 0. The molecule has 0 nitrogen and oxygen atoms in total. The minimum absolute atomic E-state index is 0.878. The second kappa shape index (κ2) is 18.9. The third-order valence-corrected chi connectivity index (χ3v) is 6.23. The average molecular weight is 337 g/mol. The summed E-state index contributed by atoms with van der Waals surface area (Å²) in [4.78, 5) is 0. The van der Waals surface area contributed by atoms with Crippen molar-refractivity contribution in [2.45, 2.75) is 135 Å². The maximum Gasteiger partial charge on any atom is 0.124 e. The van der Waals surface area contributed by atoms with Gasteiger partial charge in [-0.3, -0.25) is 0 Å². The van der Waals surface area contributed by atoms with Crippen molar-refractivity contribution in [1.82, 2.24) is 0 Å². The molecule has 136 valence electrons. The van der Waals surface area contributed by atoms with Crippen molar-refractivity contribution in [2.75, 3.05) is 0 Å². The fraction of sp³-hybridized carbons (Fsp3) is 1.00. The molecule has 0 rings (SSSR count). The molecule has 2 radical (unpaired) electrons. The van der Waals surface area contributed by atoms with Crippen molar-refractivity contribution in [3.8, 4) is 0 Å². The zero-order valence-corrected chi connectivity index (χ0v) is 17.9. The van der Waals surface area contributed by atoms with Crippen molar-refractivity contribution < 1.29 is 0 Å². The van der Waals surface area contributed by atoms with E-state index >= 15 is 0 Å². The molecule has 0 aromatic heterocycles. The van der Waals surface area contributed by atoms with Crippen LogP contribution in [0.15, 0.2) is 0 Å². The van der Waals surface area contributed by atoms with E-state index in [4.69, 9.17) is 0 Å². The first-order chi connectivity index (χ1) is 11.3. The van der Waals surface area contributed by atoms with Gasteiger partial charge in [0, 0.05) is 0 Å². The summed E-state index contributed by atoms with van der Waals surface area (Å²) in [6, 6.07) is 0. The summed E-state index contributed by atoms with van der Waals surface area (Å²) in [5.74, 6) is 0.974. The normalized spacial score (nSPS) is 14.0. The van der Waals surface area contributed by atoms with Crippen molar-refractivity contribution in [3.05, 3.63) is 0 Å². The Bertz CT molecular complexity index is 214. The van der Waals surface area contributed by atoms with Crippen LogP contribution in [0.5, 0.6) is 0 Å². The predicted molar refractivity (Wildman–Crippen MR) is 109 cm³/mol. The molecule has 0 spiro atoms. The largest absolute Gasteiger partial charge is 0.124 e. The molecule has 0 aliphatic rings. The maximum atomic E-state index is 3.21. The lowest BCUT2D eigenvalue weighted by Gasteiger charge is -2.25. The second-order valence-corrected chi connectivity index (χ2v) is 8.54. The van der Waals surface area contributed by atoms with E-state index in [0.717, 1.165) is 10.7 Å². The van der Waals surface area contributed by atoms with E-state index in [2.05, 4.69) is 37.1 Å². The van der Waals surface area contributed by atoms with Crippen LogP contribution < -0.4 is 0 Å². The molecule has 2 unspecified atom stereocenters. The highest BCUT2D eigenvalue weighted by Crippen LogP contribution is 2.31. The molecular weight excluding hydrogens is 291 g/mol. The fourth-order valence-corrected chi connectivity index (χ4v) is 4.24. The van der Waals surface area contributed by atoms with Crippen LogP contribution in [0.25, 0.3) is 0 Å². The van der Waals surface area contributed by atoms with E-state index in [-0.39, 0.29) is 0 Å². The zero-order chi connectivity index (χ0) is 17.2. The molecule has 2 atom stereocenters. The third kappa shape index (κ3) is 15.8. The average Bonchev–Trinajstić information content (AvgIpc) is 2.56. The molecule has 0 aliphatic heterocycles. The fourth-order valence-electron chi connectivity index (χ4n) is 3.62. The first-order valence-corrected chi connectivity index (χ1v) is 11.7.